The SMILES string of the molecule is C[C@@H]1CC12C[C@@H]2C(=O)NS(=O)(=O)C1(CCCCCCn2c(OC3C[C@@H](C(N)=O)N(C(=O)C(NC(=O)OC(C)(C)C)C(C)(C)C)C3)nc3ccccc32)CC1. The monoisotopic (exact) mass is 770 g/mol. The highest BCUT2D eigenvalue weighted by atomic mass is 32.2. The molecule has 4 aliphatic rings. The molecule has 3 unspecified atom stereocenters. The molecule has 1 saturated heterocycles. The molecule has 15 heteroatoms. The third-order valence-electron chi connectivity index (χ3n) is 11.9. The van der Waals surface area contributed by atoms with E-state index in [1.165, 1.54) is 4.90 Å². The molecule has 1 aromatic carbocycles. The lowest BCUT2D eigenvalue weighted by Crippen LogP contribution is -2.58. The topological polar surface area (TPSA) is 192 Å². The zero-order valence-electron chi connectivity index (χ0n) is 32.8. The summed E-state index contributed by atoms with van der Waals surface area (Å²) in [5.41, 5.74) is 6.04. The summed E-state index contributed by atoms with van der Waals surface area (Å²) in [7, 11) is -3.71. The number of fused-ring (bicyclic) bond motifs is 1. The number of primary amides is 1. The van der Waals surface area contributed by atoms with E-state index >= 15 is 0 Å². The number of carbonyl (C=O) groups is 4. The molecule has 6 rings (SSSR count). The van der Waals surface area contributed by atoms with Crippen LogP contribution in [0.2, 0.25) is 0 Å². The Hall–Kier alpha value is -3.88. The van der Waals surface area contributed by atoms with Gasteiger partial charge in [0.05, 0.1) is 22.3 Å². The molecular weight excluding hydrogens is 713 g/mol. The predicted molar refractivity (Wildman–Crippen MR) is 203 cm³/mol. The van der Waals surface area contributed by atoms with Crippen molar-refractivity contribution in [3.8, 4) is 6.01 Å². The first-order valence-electron chi connectivity index (χ1n) is 19.4. The third kappa shape index (κ3) is 8.35. The first-order valence-corrected chi connectivity index (χ1v) is 20.9. The number of aromatic nitrogens is 2. The number of rotatable bonds is 15. The number of amides is 4. The van der Waals surface area contributed by atoms with E-state index in [-0.39, 0.29) is 30.2 Å². The Morgan fingerprint density at radius 1 is 1.02 bits per heavy atom. The lowest BCUT2D eigenvalue weighted by atomic mass is 9.85. The Bertz CT molecular complexity index is 1890. The fourth-order valence-corrected chi connectivity index (χ4v) is 9.95. The summed E-state index contributed by atoms with van der Waals surface area (Å²) in [4.78, 5) is 58.2. The quantitative estimate of drug-likeness (QED) is 0.214. The molecule has 4 N–H and O–H groups in total. The van der Waals surface area contributed by atoms with Gasteiger partial charge in [0.25, 0.3) is 6.01 Å². The number of unbranched alkanes of at least 4 members (excludes halogenated alkanes) is 3. The standard InChI is InChI=1S/C39H58N6O8S/c1-24-21-39(24)22-26(39)32(47)43-54(50,51)38(17-18-38)16-12-8-9-13-19-44-28-15-11-10-14-27(28)41-34(44)52-25-20-29(31(40)46)45(23-25)33(48)30(36(2,3)4)42-35(49)53-37(5,6)7/h10-11,14-15,24-26,29-30H,8-9,12-13,16-23H2,1-7H3,(H2,40,46)(H,42,49)(H,43,47)/t24-,25?,26-,29+,30?,39?/m1/s1. The van der Waals surface area contributed by atoms with Gasteiger partial charge in [-0.15, -0.1) is 0 Å². The number of likely N-dealkylation sites (tertiary alicyclic amines) is 1. The van der Waals surface area contributed by atoms with Gasteiger partial charge in [-0.25, -0.2) is 13.2 Å². The summed E-state index contributed by atoms with van der Waals surface area (Å²) in [5, 5.41) is 2.71. The number of aryl methyl sites for hydroxylation is 1. The normalized spacial score (nSPS) is 26.3. The first-order chi connectivity index (χ1) is 25.2. The van der Waals surface area contributed by atoms with Gasteiger partial charge < -0.3 is 25.4 Å². The molecular formula is C39H58N6O8S. The van der Waals surface area contributed by atoms with Crippen LogP contribution < -0.4 is 20.5 Å². The summed E-state index contributed by atoms with van der Waals surface area (Å²) in [5.74, 6) is -1.08. The minimum absolute atomic E-state index is 0.0715. The van der Waals surface area contributed by atoms with E-state index in [1.807, 2.05) is 49.6 Å². The molecule has 54 heavy (non-hydrogen) atoms. The molecule has 2 heterocycles. The van der Waals surface area contributed by atoms with Crippen LogP contribution in [0.1, 0.15) is 113 Å². The summed E-state index contributed by atoms with van der Waals surface area (Å²) < 4.78 is 41.9. The van der Waals surface area contributed by atoms with E-state index in [9.17, 15) is 27.6 Å². The van der Waals surface area contributed by atoms with Gasteiger partial charge >= 0.3 is 6.09 Å². The summed E-state index contributed by atoms with van der Waals surface area (Å²) >= 11 is 0. The Labute approximate surface area is 318 Å². The van der Waals surface area contributed by atoms with Crippen LogP contribution in [0.5, 0.6) is 6.01 Å². The van der Waals surface area contributed by atoms with Gasteiger partial charge in [0.2, 0.25) is 27.7 Å². The number of nitrogens with two attached hydrogens (primary N) is 1. The average molecular weight is 771 g/mol. The molecule has 3 saturated carbocycles. The van der Waals surface area contributed by atoms with Crippen molar-refractivity contribution in [2.45, 2.75) is 148 Å². The molecule has 298 valence electrons. The Balaban J connectivity index is 1.05. The predicted octanol–water partition coefficient (Wildman–Crippen LogP) is 4.78. The highest BCUT2D eigenvalue weighted by Crippen LogP contribution is 2.74. The van der Waals surface area contributed by atoms with E-state index < -0.39 is 61.9 Å². The van der Waals surface area contributed by atoms with Crippen molar-refractivity contribution >= 4 is 44.9 Å². The van der Waals surface area contributed by atoms with Crippen molar-refractivity contribution in [1.29, 1.82) is 0 Å². The lowest BCUT2D eigenvalue weighted by molar-refractivity contribution is -0.141. The minimum atomic E-state index is -3.71. The van der Waals surface area contributed by atoms with Gasteiger partial charge in [-0.2, -0.15) is 4.98 Å². The van der Waals surface area contributed by atoms with E-state index in [0.29, 0.717) is 37.7 Å². The van der Waals surface area contributed by atoms with Crippen LogP contribution in [0.4, 0.5) is 4.79 Å². The Morgan fingerprint density at radius 3 is 2.28 bits per heavy atom. The maximum Gasteiger partial charge on any atom is 0.408 e. The molecule has 4 amide bonds. The third-order valence-corrected chi connectivity index (χ3v) is 14.1. The number of nitrogens with zero attached hydrogens (tertiary/aromatic N) is 3. The number of hydrogen-bond donors (Lipinski definition) is 3. The Morgan fingerprint density at radius 2 is 1.69 bits per heavy atom. The molecule has 0 bridgehead atoms. The van der Waals surface area contributed by atoms with E-state index in [0.717, 1.165) is 49.6 Å². The lowest BCUT2D eigenvalue weighted by Gasteiger charge is -2.35. The number of ether oxygens (including phenoxy) is 2. The maximum absolute atomic E-state index is 14.0. The molecule has 0 radical (unpaired) electrons. The van der Waals surface area contributed by atoms with Gasteiger partial charge in [-0.05, 0) is 88.2 Å². The minimum Gasteiger partial charge on any atom is -0.459 e. The number of benzene rings is 1. The number of hydrogen-bond acceptors (Lipinski definition) is 9. The second-order valence-electron chi connectivity index (χ2n) is 18.3. The number of alkyl carbamates (subject to hydrolysis) is 1. The van der Waals surface area contributed by atoms with E-state index in [2.05, 4.69) is 17.0 Å². The second-order valence-corrected chi connectivity index (χ2v) is 20.4. The highest BCUT2D eigenvalue weighted by Gasteiger charge is 2.71. The molecule has 2 aromatic rings. The summed E-state index contributed by atoms with van der Waals surface area (Å²) in [6, 6.07) is 6.12. The van der Waals surface area contributed by atoms with Crippen LogP contribution in [0.25, 0.3) is 11.0 Å². The van der Waals surface area contributed by atoms with Crippen LogP contribution in [0.3, 0.4) is 0 Å². The summed E-state index contributed by atoms with van der Waals surface area (Å²) in [6.07, 6.45) is 5.60. The van der Waals surface area contributed by atoms with Gasteiger partial charge in [-0.1, -0.05) is 59.1 Å². The van der Waals surface area contributed by atoms with Crippen molar-refractivity contribution in [3.05, 3.63) is 24.3 Å². The van der Waals surface area contributed by atoms with Crippen LogP contribution in [0, 0.1) is 22.7 Å². The van der Waals surface area contributed by atoms with Crippen LogP contribution in [0.15, 0.2) is 24.3 Å². The van der Waals surface area contributed by atoms with Gasteiger partial charge in [0.15, 0.2) is 0 Å². The number of sulfonamides is 1. The molecule has 1 spiro atoms. The maximum atomic E-state index is 14.0. The number of imidazole rings is 1. The highest BCUT2D eigenvalue weighted by molar-refractivity contribution is 7.91. The molecule has 3 aliphatic carbocycles. The van der Waals surface area contributed by atoms with Crippen molar-refractivity contribution < 1.29 is 37.1 Å². The first kappa shape index (κ1) is 39.8. The fraction of sp³-hybridized carbons (Fsp3) is 0.718. The number of nitrogens with one attached hydrogen (secondary N) is 2. The van der Waals surface area contributed by atoms with Crippen molar-refractivity contribution in [3.63, 3.8) is 0 Å². The zero-order chi connectivity index (χ0) is 39.4. The number of carbonyl (C=O) groups excluding carboxylic acids is 4. The van der Waals surface area contributed by atoms with Crippen molar-refractivity contribution in [2.24, 2.45) is 28.4 Å². The van der Waals surface area contributed by atoms with E-state index in [1.54, 1.807) is 20.8 Å². The van der Waals surface area contributed by atoms with Crippen molar-refractivity contribution in [2.75, 3.05) is 6.54 Å². The fourth-order valence-electron chi connectivity index (χ4n) is 8.28. The van der Waals surface area contributed by atoms with Gasteiger partial charge in [-0.3, -0.25) is 23.7 Å². The van der Waals surface area contributed by atoms with Crippen molar-refractivity contribution in [1.82, 2.24) is 24.5 Å². The second kappa shape index (κ2) is 14.3. The molecule has 1 aromatic heterocycles. The van der Waals surface area contributed by atoms with Gasteiger partial charge in [0, 0.05) is 18.9 Å². The zero-order valence-corrected chi connectivity index (χ0v) is 33.6. The van der Waals surface area contributed by atoms with Gasteiger partial charge in [0.1, 0.15) is 23.8 Å². The van der Waals surface area contributed by atoms with Crippen LogP contribution in [-0.2, 0) is 35.7 Å². The number of para-hydroxylation sites is 2. The van der Waals surface area contributed by atoms with E-state index in [4.69, 9.17) is 20.2 Å². The Kier molecular flexibility index (Phi) is 10.6. The van der Waals surface area contributed by atoms with Crippen LogP contribution >= 0.6 is 0 Å². The average Bonchev–Trinajstić information content (AvgIpc) is 4.01. The van der Waals surface area contributed by atoms with Crippen LogP contribution in [-0.4, -0.2) is 81.8 Å². The summed E-state index contributed by atoms with van der Waals surface area (Å²) in [6.45, 7) is 13.5. The smallest absolute Gasteiger partial charge is 0.408 e. The molecule has 4 fully saturated rings. The molecule has 1 aliphatic heterocycles. The molecule has 14 nitrogen and oxygen atoms in total. The molecule has 6 atom stereocenters. The largest absolute Gasteiger partial charge is 0.459 e.